The first-order valence-corrected chi connectivity index (χ1v) is 8.33. The molecule has 0 spiro atoms. The SMILES string of the molecule is CCNCCNc1ccc2c(c1)C(=O)N(C1CCC(=O)NC1=O)C2=O. The van der Waals surface area contributed by atoms with E-state index in [2.05, 4.69) is 16.0 Å². The fraction of sp³-hybridized carbons (Fsp3) is 0.412. The van der Waals surface area contributed by atoms with Gasteiger partial charge in [-0.2, -0.15) is 0 Å². The summed E-state index contributed by atoms with van der Waals surface area (Å²) in [4.78, 5) is 49.5. The van der Waals surface area contributed by atoms with Crippen molar-refractivity contribution in [2.75, 3.05) is 25.0 Å². The van der Waals surface area contributed by atoms with Gasteiger partial charge in [0.1, 0.15) is 6.04 Å². The van der Waals surface area contributed by atoms with Crippen molar-refractivity contribution in [1.82, 2.24) is 15.5 Å². The number of rotatable bonds is 6. The first-order chi connectivity index (χ1) is 12.0. The quantitative estimate of drug-likeness (QED) is 0.499. The molecular weight excluding hydrogens is 324 g/mol. The largest absolute Gasteiger partial charge is 0.384 e. The number of amides is 4. The summed E-state index contributed by atoms with van der Waals surface area (Å²) in [6.45, 7) is 4.36. The molecule has 1 aromatic rings. The summed E-state index contributed by atoms with van der Waals surface area (Å²) in [7, 11) is 0. The van der Waals surface area contributed by atoms with Gasteiger partial charge in [-0.25, -0.2) is 0 Å². The Labute approximate surface area is 144 Å². The van der Waals surface area contributed by atoms with E-state index < -0.39 is 23.8 Å². The summed E-state index contributed by atoms with van der Waals surface area (Å²) in [5.41, 5.74) is 1.30. The van der Waals surface area contributed by atoms with Crippen LogP contribution in [0.15, 0.2) is 18.2 Å². The maximum absolute atomic E-state index is 12.7. The number of likely N-dealkylation sites (N-methyl/N-ethyl adjacent to an activating group) is 1. The van der Waals surface area contributed by atoms with Crippen LogP contribution in [0.3, 0.4) is 0 Å². The van der Waals surface area contributed by atoms with Gasteiger partial charge in [-0.05, 0) is 31.2 Å². The Morgan fingerprint density at radius 3 is 2.60 bits per heavy atom. The fourth-order valence-electron chi connectivity index (χ4n) is 3.05. The number of imide groups is 2. The highest BCUT2D eigenvalue weighted by Gasteiger charge is 2.44. The lowest BCUT2D eigenvalue weighted by Crippen LogP contribution is -2.54. The molecule has 25 heavy (non-hydrogen) atoms. The van der Waals surface area contributed by atoms with Crippen LogP contribution in [0.5, 0.6) is 0 Å². The number of benzene rings is 1. The molecule has 1 unspecified atom stereocenters. The Morgan fingerprint density at radius 1 is 1.12 bits per heavy atom. The van der Waals surface area contributed by atoms with Crippen molar-refractivity contribution in [1.29, 1.82) is 0 Å². The molecule has 4 amide bonds. The second kappa shape index (κ2) is 7.02. The van der Waals surface area contributed by atoms with Crippen molar-refractivity contribution in [3.8, 4) is 0 Å². The lowest BCUT2D eigenvalue weighted by Gasteiger charge is -2.27. The molecule has 2 heterocycles. The molecule has 0 aliphatic carbocycles. The van der Waals surface area contributed by atoms with Crippen LogP contribution in [0, 0.1) is 0 Å². The number of fused-ring (bicyclic) bond motifs is 1. The molecule has 0 saturated carbocycles. The standard InChI is InChI=1S/C17H20N4O4/c1-2-18-7-8-19-10-3-4-11-12(9-10)17(25)21(16(11)24)13-5-6-14(22)20-15(13)23/h3-4,9,13,18-19H,2,5-8H2,1H3,(H,20,22,23). The van der Waals surface area contributed by atoms with Gasteiger partial charge in [0.2, 0.25) is 11.8 Å². The van der Waals surface area contributed by atoms with Gasteiger partial charge in [0.25, 0.3) is 11.8 Å². The van der Waals surface area contributed by atoms with Crippen LogP contribution in [0.25, 0.3) is 0 Å². The van der Waals surface area contributed by atoms with E-state index in [-0.39, 0.29) is 29.9 Å². The number of carbonyl (C=O) groups excluding carboxylic acids is 4. The van der Waals surface area contributed by atoms with Gasteiger partial charge in [-0.1, -0.05) is 6.92 Å². The van der Waals surface area contributed by atoms with E-state index in [0.717, 1.165) is 23.7 Å². The molecule has 8 nitrogen and oxygen atoms in total. The van der Waals surface area contributed by atoms with Crippen LogP contribution in [0.4, 0.5) is 5.69 Å². The average Bonchev–Trinajstić information content (AvgIpc) is 2.83. The number of nitrogens with one attached hydrogen (secondary N) is 3. The van der Waals surface area contributed by atoms with Crippen LogP contribution in [-0.2, 0) is 9.59 Å². The summed E-state index contributed by atoms with van der Waals surface area (Å²) < 4.78 is 0. The average molecular weight is 344 g/mol. The summed E-state index contributed by atoms with van der Waals surface area (Å²) in [5.74, 6) is -1.97. The molecule has 3 rings (SSSR count). The first-order valence-electron chi connectivity index (χ1n) is 8.33. The molecule has 1 fully saturated rings. The van der Waals surface area contributed by atoms with Gasteiger partial charge in [0, 0.05) is 25.2 Å². The molecule has 0 bridgehead atoms. The van der Waals surface area contributed by atoms with Crippen LogP contribution in [0.1, 0.15) is 40.5 Å². The Bertz CT molecular complexity index is 746. The molecule has 2 aliphatic heterocycles. The van der Waals surface area contributed by atoms with Crippen molar-refractivity contribution in [3.05, 3.63) is 29.3 Å². The van der Waals surface area contributed by atoms with E-state index in [1.807, 2.05) is 6.92 Å². The zero-order valence-corrected chi connectivity index (χ0v) is 13.9. The van der Waals surface area contributed by atoms with Crippen LogP contribution >= 0.6 is 0 Å². The summed E-state index contributed by atoms with van der Waals surface area (Å²) >= 11 is 0. The number of hydrogen-bond donors (Lipinski definition) is 3. The number of nitrogens with zero attached hydrogens (tertiary/aromatic N) is 1. The van der Waals surface area contributed by atoms with Gasteiger partial charge < -0.3 is 10.6 Å². The van der Waals surface area contributed by atoms with Gasteiger partial charge >= 0.3 is 0 Å². The molecule has 0 aromatic heterocycles. The number of hydrogen-bond acceptors (Lipinski definition) is 6. The van der Waals surface area contributed by atoms with Gasteiger partial charge in [0.05, 0.1) is 11.1 Å². The number of anilines is 1. The van der Waals surface area contributed by atoms with E-state index >= 15 is 0 Å². The van der Waals surface area contributed by atoms with Gasteiger partial charge in [-0.15, -0.1) is 0 Å². The highest BCUT2D eigenvalue weighted by atomic mass is 16.2. The van der Waals surface area contributed by atoms with Gasteiger partial charge in [-0.3, -0.25) is 29.4 Å². The molecule has 132 valence electrons. The van der Waals surface area contributed by atoms with E-state index in [9.17, 15) is 19.2 Å². The van der Waals surface area contributed by atoms with Crippen LogP contribution < -0.4 is 16.0 Å². The van der Waals surface area contributed by atoms with Crippen molar-refractivity contribution in [2.24, 2.45) is 0 Å². The third-order valence-corrected chi connectivity index (χ3v) is 4.32. The Hall–Kier alpha value is -2.74. The third-order valence-electron chi connectivity index (χ3n) is 4.32. The molecule has 1 saturated heterocycles. The van der Waals surface area contributed by atoms with Crippen LogP contribution in [0.2, 0.25) is 0 Å². The first kappa shape index (κ1) is 17.1. The lowest BCUT2D eigenvalue weighted by atomic mass is 10.0. The van der Waals surface area contributed by atoms with Crippen molar-refractivity contribution in [2.45, 2.75) is 25.8 Å². The second-order valence-electron chi connectivity index (χ2n) is 5.99. The minimum Gasteiger partial charge on any atom is -0.384 e. The zero-order chi connectivity index (χ0) is 18.0. The van der Waals surface area contributed by atoms with Crippen molar-refractivity contribution >= 4 is 29.3 Å². The lowest BCUT2D eigenvalue weighted by molar-refractivity contribution is -0.136. The van der Waals surface area contributed by atoms with E-state index in [0.29, 0.717) is 6.54 Å². The number of carbonyl (C=O) groups is 4. The van der Waals surface area contributed by atoms with E-state index in [1.54, 1.807) is 18.2 Å². The Balaban J connectivity index is 1.77. The highest BCUT2D eigenvalue weighted by molar-refractivity contribution is 6.23. The Kier molecular flexibility index (Phi) is 4.80. The Morgan fingerprint density at radius 2 is 1.88 bits per heavy atom. The van der Waals surface area contributed by atoms with Crippen molar-refractivity contribution < 1.29 is 19.2 Å². The second-order valence-corrected chi connectivity index (χ2v) is 5.99. The topological polar surface area (TPSA) is 108 Å². The predicted molar refractivity (Wildman–Crippen MR) is 90.1 cm³/mol. The molecule has 3 N–H and O–H groups in total. The highest BCUT2D eigenvalue weighted by Crippen LogP contribution is 2.29. The smallest absolute Gasteiger partial charge is 0.262 e. The minimum absolute atomic E-state index is 0.112. The number of piperidine rings is 1. The predicted octanol–water partition coefficient (Wildman–Crippen LogP) is 0.109. The molecule has 2 aliphatic rings. The van der Waals surface area contributed by atoms with Gasteiger partial charge in [0.15, 0.2) is 0 Å². The molecule has 8 heteroatoms. The van der Waals surface area contributed by atoms with Crippen LogP contribution in [-0.4, -0.2) is 54.2 Å². The summed E-state index contributed by atoms with van der Waals surface area (Å²) in [5, 5.41) is 8.55. The molecular formula is C17H20N4O4. The maximum atomic E-state index is 12.7. The molecule has 1 atom stereocenters. The van der Waals surface area contributed by atoms with E-state index in [1.165, 1.54) is 0 Å². The molecule has 0 radical (unpaired) electrons. The monoisotopic (exact) mass is 344 g/mol. The van der Waals surface area contributed by atoms with E-state index in [4.69, 9.17) is 0 Å². The van der Waals surface area contributed by atoms with Crippen molar-refractivity contribution in [3.63, 3.8) is 0 Å². The normalized spacial score (nSPS) is 19.9. The fourth-order valence-corrected chi connectivity index (χ4v) is 3.05. The maximum Gasteiger partial charge on any atom is 0.262 e. The third kappa shape index (κ3) is 3.25. The zero-order valence-electron chi connectivity index (χ0n) is 13.9. The molecule has 1 aromatic carbocycles. The summed E-state index contributed by atoms with van der Waals surface area (Å²) in [6.07, 6.45) is 0.269. The minimum atomic E-state index is -0.935. The summed E-state index contributed by atoms with van der Waals surface area (Å²) in [6, 6.07) is 4.03.